The van der Waals surface area contributed by atoms with Crippen molar-refractivity contribution < 1.29 is 13.2 Å². The Morgan fingerprint density at radius 3 is 2.50 bits per heavy atom. The molecule has 2 saturated heterocycles. The summed E-state index contributed by atoms with van der Waals surface area (Å²) in [6.07, 6.45) is 6.73. The molecule has 148 valence electrons. The fourth-order valence-electron chi connectivity index (χ4n) is 4.68. The van der Waals surface area contributed by atoms with Crippen LogP contribution in [0.2, 0.25) is 0 Å². The minimum atomic E-state index is -3.25. The molecule has 2 aliphatic heterocycles. The first-order chi connectivity index (χ1) is 13.6. The number of hydrogen-bond donors (Lipinski definition) is 0. The Hall–Kier alpha value is -2.19. The molecule has 0 spiro atoms. The Morgan fingerprint density at radius 2 is 1.86 bits per heavy atom. The monoisotopic (exact) mass is 400 g/mol. The predicted octanol–water partition coefficient (Wildman–Crippen LogP) is 2.09. The van der Waals surface area contributed by atoms with Gasteiger partial charge in [-0.3, -0.25) is 4.98 Å². The highest BCUT2D eigenvalue weighted by molar-refractivity contribution is 7.90. The van der Waals surface area contributed by atoms with Gasteiger partial charge in [-0.15, -0.1) is 0 Å². The van der Waals surface area contributed by atoms with E-state index in [4.69, 9.17) is 4.74 Å². The fourth-order valence-corrected chi connectivity index (χ4v) is 6.79. The molecule has 0 bridgehead atoms. The van der Waals surface area contributed by atoms with E-state index in [9.17, 15) is 8.42 Å². The van der Waals surface area contributed by atoms with Crippen LogP contribution in [0, 0.1) is 11.8 Å². The zero-order valence-electron chi connectivity index (χ0n) is 15.8. The van der Waals surface area contributed by atoms with E-state index >= 15 is 0 Å². The second kappa shape index (κ2) is 6.70. The van der Waals surface area contributed by atoms with Crippen LogP contribution in [0.3, 0.4) is 0 Å². The van der Waals surface area contributed by atoms with Gasteiger partial charge >= 0.3 is 0 Å². The lowest BCUT2D eigenvalue weighted by Crippen LogP contribution is -2.37. The standard InChI is InChI=1S/C20H24N4O3S/c1-27-16-4-2-14(3-5-16)20-18-13-23(19-10-21-8-9-22-19)11-15(18)12-24(20)28(25,26)17-6-7-17/h2-5,8-10,15,17-18,20H,6-7,11-13H2,1H3/t15-,18-,20-/m0/s1. The number of nitrogens with zero attached hydrogens (tertiary/aromatic N) is 4. The number of methoxy groups -OCH3 is 1. The van der Waals surface area contributed by atoms with Crippen molar-refractivity contribution >= 4 is 15.8 Å². The van der Waals surface area contributed by atoms with Gasteiger partial charge in [0.1, 0.15) is 11.6 Å². The van der Waals surface area contributed by atoms with Crippen LogP contribution in [0.25, 0.3) is 0 Å². The van der Waals surface area contributed by atoms with Gasteiger partial charge in [0.15, 0.2) is 0 Å². The number of fused-ring (bicyclic) bond motifs is 1. The van der Waals surface area contributed by atoms with E-state index in [1.54, 1.807) is 30.0 Å². The lowest BCUT2D eigenvalue weighted by Gasteiger charge is -2.29. The van der Waals surface area contributed by atoms with Crippen LogP contribution in [0.15, 0.2) is 42.9 Å². The van der Waals surface area contributed by atoms with Gasteiger partial charge in [-0.25, -0.2) is 13.4 Å². The van der Waals surface area contributed by atoms with Crippen molar-refractivity contribution in [3.63, 3.8) is 0 Å². The van der Waals surface area contributed by atoms with Crippen LogP contribution in [0.1, 0.15) is 24.4 Å². The highest BCUT2D eigenvalue weighted by atomic mass is 32.2. The van der Waals surface area contributed by atoms with E-state index < -0.39 is 10.0 Å². The van der Waals surface area contributed by atoms with Crippen LogP contribution >= 0.6 is 0 Å². The molecule has 0 amide bonds. The third-order valence-corrected chi connectivity index (χ3v) is 8.57. The summed E-state index contributed by atoms with van der Waals surface area (Å²) in [5, 5.41) is -0.192. The van der Waals surface area contributed by atoms with Gasteiger partial charge in [-0.2, -0.15) is 4.31 Å². The first-order valence-corrected chi connectivity index (χ1v) is 11.2. The molecule has 3 atom stereocenters. The highest BCUT2D eigenvalue weighted by Crippen LogP contribution is 2.49. The summed E-state index contributed by atoms with van der Waals surface area (Å²) < 4.78 is 33.4. The van der Waals surface area contributed by atoms with Crippen molar-refractivity contribution in [1.82, 2.24) is 14.3 Å². The summed E-state index contributed by atoms with van der Waals surface area (Å²) in [6.45, 7) is 2.18. The van der Waals surface area contributed by atoms with Crippen molar-refractivity contribution in [2.75, 3.05) is 31.6 Å². The van der Waals surface area contributed by atoms with E-state index in [0.717, 1.165) is 43.1 Å². The Balaban J connectivity index is 1.48. The molecule has 1 aromatic carbocycles. The maximum absolute atomic E-state index is 13.1. The second-order valence-electron chi connectivity index (χ2n) is 7.92. The molecular formula is C20H24N4O3S. The number of benzene rings is 1. The Labute approximate surface area is 165 Å². The Morgan fingerprint density at radius 1 is 1.07 bits per heavy atom. The normalized spacial score (nSPS) is 27.8. The van der Waals surface area contributed by atoms with E-state index in [1.807, 2.05) is 24.3 Å². The van der Waals surface area contributed by atoms with Crippen LogP contribution in [0.4, 0.5) is 5.82 Å². The minimum Gasteiger partial charge on any atom is -0.497 e. The van der Waals surface area contributed by atoms with Gasteiger partial charge < -0.3 is 9.64 Å². The molecule has 28 heavy (non-hydrogen) atoms. The Kier molecular flexibility index (Phi) is 4.28. The zero-order valence-corrected chi connectivity index (χ0v) is 16.6. The number of aromatic nitrogens is 2. The van der Waals surface area contributed by atoms with Crippen molar-refractivity contribution in [1.29, 1.82) is 0 Å². The molecule has 3 aliphatic rings. The van der Waals surface area contributed by atoms with Crippen LogP contribution in [-0.4, -0.2) is 54.7 Å². The first kappa shape index (κ1) is 17.9. The van der Waals surface area contributed by atoms with E-state index in [-0.39, 0.29) is 17.2 Å². The molecule has 1 saturated carbocycles. The summed E-state index contributed by atoms with van der Waals surface area (Å²) >= 11 is 0. The topological polar surface area (TPSA) is 75.6 Å². The average molecular weight is 401 g/mol. The van der Waals surface area contributed by atoms with E-state index in [1.165, 1.54) is 0 Å². The number of anilines is 1. The zero-order chi connectivity index (χ0) is 19.3. The molecule has 0 unspecified atom stereocenters. The molecule has 8 heteroatoms. The minimum absolute atomic E-state index is 0.136. The predicted molar refractivity (Wildman–Crippen MR) is 106 cm³/mol. The van der Waals surface area contributed by atoms with Gasteiger partial charge in [-0.05, 0) is 36.5 Å². The molecule has 1 aliphatic carbocycles. The maximum Gasteiger partial charge on any atom is 0.217 e. The van der Waals surface area contributed by atoms with Gasteiger partial charge in [0.05, 0.1) is 24.6 Å². The van der Waals surface area contributed by atoms with Crippen molar-refractivity contribution in [3.8, 4) is 5.75 Å². The number of ether oxygens (including phenoxy) is 1. The summed E-state index contributed by atoms with van der Waals surface area (Å²) in [5.41, 5.74) is 1.04. The van der Waals surface area contributed by atoms with Gasteiger partial charge in [0.25, 0.3) is 0 Å². The SMILES string of the molecule is COc1ccc([C@H]2[C@H]3CN(c4cnccn4)C[C@H]3CN2S(=O)(=O)C2CC2)cc1. The molecule has 3 fully saturated rings. The average Bonchev–Trinajstić information content (AvgIpc) is 3.41. The molecule has 0 radical (unpaired) electrons. The summed E-state index contributed by atoms with van der Waals surface area (Å²) in [4.78, 5) is 10.8. The number of rotatable bonds is 5. The fraction of sp³-hybridized carbons (Fsp3) is 0.500. The molecule has 7 nitrogen and oxygen atoms in total. The molecule has 1 aromatic heterocycles. The third kappa shape index (κ3) is 2.95. The van der Waals surface area contributed by atoms with Crippen molar-refractivity contribution in [2.45, 2.75) is 24.1 Å². The largest absolute Gasteiger partial charge is 0.497 e. The summed E-state index contributed by atoms with van der Waals surface area (Å²) in [6, 6.07) is 7.71. The van der Waals surface area contributed by atoms with Crippen LogP contribution < -0.4 is 9.64 Å². The molecular weight excluding hydrogens is 376 g/mol. The van der Waals surface area contributed by atoms with Gasteiger partial charge in [0.2, 0.25) is 10.0 Å². The van der Waals surface area contributed by atoms with Crippen LogP contribution in [0.5, 0.6) is 5.75 Å². The van der Waals surface area contributed by atoms with Crippen molar-refractivity contribution in [3.05, 3.63) is 48.4 Å². The quantitative estimate of drug-likeness (QED) is 0.765. The van der Waals surface area contributed by atoms with Gasteiger partial charge in [0, 0.05) is 37.9 Å². The molecule has 5 rings (SSSR count). The number of hydrogen-bond acceptors (Lipinski definition) is 6. The summed E-state index contributed by atoms with van der Waals surface area (Å²) in [7, 11) is -1.61. The van der Waals surface area contributed by atoms with Crippen molar-refractivity contribution in [2.24, 2.45) is 11.8 Å². The first-order valence-electron chi connectivity index (χ1n) is 9.73. The number of sulfonamides is 1. The highest BCUT2D eigenvalue weighted by Gasteiger charge is 2.54. The maximum atomic E-state index is 13.1. The summed E-state index contributed by atoms with van der Waals surface area (Å²) in [5.74, 6) is 2.18. The molecule has 0 N–H and O–H groups in total. The lowest BCUT2D eigenvalue weighted by atomic mass is 9.90. The van der Waals surface area contributed by atoms with E-state index in [2.05, 4.69) is 14.9 Å². The second-order valence-corrected chi connectivity index (χ2v) is 10.1. The molecule has 3 heterocycles. The van der Waals surface area contributed by atoms with E-state index in [0.29, 0.717) is 12.5 Å². The van der Waals surface area contributed by atoms with Gasteiger partial charge in [-0.1, -0.05) is 12.1 Å². The smallest absolute Gasteiger partial charge is 0.217 e. The lowest BCUT2D eigenvalue weighted by molar-refractivity contribution is 0.348. The molecule has 2 aromatic rings. The Bertz CT molecular complexity index is 947. The third-order valence-electron chi connectivity index (χ3n) is 6.23. The van der Waals surface area contributed by atoms with Crippen LogP contribution in [-0.2, 0) is 10.0 Å².